The summed E-state index contributed by atoms with van der Waals surface area (Å²) in [4.78, 5) is 0. The van der Waals surface area contributed by atoms with E-state index in [4.69, 9.17) is 0 Å². The van der Waals surface area contributed by atoms with Crippen LogP contribution < -0.4 is 0 Å². The molecule has 0 saturated heterocycles. The Hall–Kier alpha value is -0.780. The standard InChI is InChI=1S/C11H16/c1-4-10-8-7-9-11(10,5-2)6-3/h4-6,10H,1-3,7-9H2. The van der Waals surface area contributed by atoms with E-state index in [1.54, 1.807) is 0 Å². The minimum Gasteiger partial charge on any atom is -0.103 e. The molecule has 0 N–H and O–H groups in total. The average molecular weight is 148 g/mol. The van der Waals surface area contributed by atoms with E-state index >= 15 is 0 Å². The van der Waals surface area contributed by atoms with Gasteiger partial charge in [-0.1, -0.05) is 24.6 Å². The molecule has 0 aromatic carbocycles. The van der Waals surface area contributed by atoms with Crippen molar-refractivity contribution in [2.75, 3.05) is 0 Å². The molecule has 0 heterocycles. The van der Waals surface area contributed by atoms with E-state index in [1.165, 1.54) is 19.3 Å². The fraction of sp³-hybridized carbons (Fsp3) is 0.455. The summed E-state index contributed by atoms with van der Waals surface area (Å²) in [6.45, 7) is 11.6. The summed E-state index contributed by atoms with van der Waals surface area (Å²) in [7, 11) is 0. The maximum atomic E-state index is 3.86. The molecule has 1 saturated carbocycles. The Morgan fingerprint density at radius 3 is 2.18 bits per heavy atom. The molecule has 1 atom stereocenters. The largest absolute Gasteiger partial charge is 0.103 e. The van der Waals surface area contributed by atoms with Gasteiger partial charge >= 0.3 is 0 Å². The normalized spacial score (nSPS) is 27.8. The van der Waals surface area contributed by atoms with Crippen LogP contribution in [0.2, 0.25) is 0 Å². The Balaban J connectivity index is 2.87. The van der Waals surface area contributed by atoms with Crippen LogP contribution in [0, 0.1) is 11.3 Å². The summed E-state index contributed by atoms with van der Waals surface area (Å²) in [5.41, 5.74) is 0.155. The third-order valence-corrected chi connectivity index (χ3v) is 2.86. The summed E-state index contributed by atoms with van der Waals surface area (Å²) in [6.07, 6.45) is 9.79. The molecule has 1 fully saturated rings. The first kappa shape index (κ1) is 8.32. The SMILES string of the molecule is C=CC1CCCC1(C=C)C=C. The van der Waals surface area contributed by atoms with Crippen molar-refractivity contribution >= 4 is 0 Å². The number of hydrogen-bond acceptors (Lipinski definition) is 0. The molecule has 1 rings (SSSR count). The van der Waals surface area contributed by atoms with E-state index < -0.39 is 0 Å². The molecule has 1 aliphatic carbocycles. The lowest BCUT2D eigenvalue weighted by molar-refractivity contribution is 0.423. The van der Waals surface area contributed by atoms with E-state index in [0.717, 1.165) is 0 Å². The van der Waals surface area contributed by atoms with Crippen LogP contribution in [0.1, 0.15) is 19.3 Å². The number of rotatable bonds is 3. The third-order valence-electron chi connectivity index (χ3n) is 2.86. The van der Waals surface area contributed by atoms with Gasteiger partial charge in [0.1, 0.15) is 0 Å². The van der Waals surface area contributed by atoms with Gasteiger partial charge in [0, 0.05) is 5.41 Å². The average Bonchev–Trinajstić information content (AvgIpc) is 2.47. The van der Waals surface area contributed by atoms with Crippen molar-refractivity contribution in [1.82, 2.24) is 0 Å². The number of allylic oxidation sites excluding steroid dienone is 3. The highest BCUT2D eigenvalue weighted by molar-refractivity contribution is 5.16. The van der Waals surface area contributed by atoms with Crippen LogP contribution in [0.25, 0.3) is 0 Å². The summed E-state index contributed by atoms with van der Waals surface area (Å²) < 4.78 is 0. The van der Waals surface area contributed by atoms with Crippen LogP contribution in [0.5, 0.6) is 0 Å². The quantitative estimate of drug-likeness (QED) is 0.538. The summed E-state index contributed by atoms with van der Waals surface area (Å²) in [6, 6.07) is 0. The fourth-order valence-corrected chi connectivity index (χ4v) is 2.01. The second-order valence-electron chi connectivity index (χ2n) is 3.26. The Labute approximate surface area is 69.3 Å². The second-order valence-corrected chi connectivity index (χ2v) is 3.26. The topological polar surface area (TPSA) is 0 Å². The highest BCUT2D eigenvalue weighted by Gasteiger charge is 2.35. The molecule has 0 aliphatic heterocycles. The maximum absolute atomic E-state index is 3.86. The van der Waals surface area contributed by atoms with E-state index in [1.807, 2.05) is 18.2 Å². The summed E-state index contributed by atoms with van der Waals surface area (Å²) in [5.74, 6) is 0.567. The molecule has 60 valence electrons. The molecule has 11 heavy (non-hydrogen) atoms. The van der Waals surface area contributed by atoms with Gasteiger partial charge in [-0.2, -0.15) is 0 Å². The van der Waals surface area contributed by atoms with Crippen LogP contribution in [0.15, 0.2) is 38.0 Å². The third kappa shape index (κ3) is 1.18. The summed E-state index contributed by atoms with van der Waals surface area (Å²) in [5, 5.41) is 0. The Kier molecular flexibility index (Phi) is 2.33. The molecular weight excluding hydrogens is 132 g/mol. The van der Waals surface area contributed by atoms with Crippen molar-refractivity contribution in [3.05, 3.63) is 38.0 Å². The van der Waals surface area contributed by atoms with Crippen molar-refractivity contribution in [3.63, 3.8) is 0 Å². The Morgan fingerprint density at radius 2 is 1.82 bits per heavy atom. The first-order valence-corrected chi connectivity index (χ1v) is 4.19. The smallest absolute Gasteiger partial charge is 0.0118 e. The van der Waals surface area contributed by atoms with Gasteiger partial charge in [-0.25, -0.2) is 0 Å². The van der Waals surface area contributed by atoms with Crippen LogP contribution in [-0.4, -0.2) is 0 Å². The van der Waals surface area contributed by atoms with Crippen molar-refractivity contribution in [3.8, 4) is 0 Å². The lowest BCUT2D eigenvalue weighted by Gasteiger charge is -2.26. The lowest BCUT2D eigenvalue weighted by Crippen LogP contribution is -2.17. The first-order chi connectivity index (χ1) is 5.29. The predicted octanol–water partition coefficient (Wildman–Crippen LogP) is 3.33. The van der Waals surface area contributed by atoms with Crippen LogP contribution in [-0.2, 0) is 0 Å². The summed E-state index contributed by atoms with van der Waals surface area (Å²) >= 11 is 0. The zero-order valence-corrected chi connectivity index (χ0v) is 7.05. The van der Waals surface area contributed by atoms with Gasteiger partial charge in [0.05, 0.1) is 0 Å². The van der Waals surface area contributed by atoms with Crippen LogP contribution in [0.3, 0.4) is 0 Å². The fourth-order valence-electron chi connectivity index (χ4n) is 2.01. The minimum atomic E-state index is 0.155. The molecule has 0 radical (unpaired) electrons. The van der Waals surface area contributed by atoms with Gasteiger partial charge in [-0.15, -0.1) is 19.7 Å². The van der Waals surface area contributed by atoms with Crippen LogP contribution >= 0.6 is 0 Å². The molecule has 0 bridgehead atoms. The van der Waals surface area contributed by atoms with Gasteiger partial charge < -0.3 is 0 Å². The molecule has 0 aromatic heterocycles. The van der Waals surface area contributed by atoms with Crippen molar-refractivity contribution in [2.45, 2.75) is 19.3 Å². The lowest BCUT2D eigenvalue weighted by atomic mass is 9.78. The van der Waals surface area contributed by atoms with Gasteiger partial charge in [0.25, 0.3) is 0 Å². The molecule has 0 aromatic rings. The van der Waals surface area contributed by atoms with E-state index in [2.05, 4.69) is 19.7 Å². The molecular formula is C11H16. The van der Waals surface area contributed by atoms with Gasteiger partial charge in [-0.3, -0.25) is 0 Å². The van der Waals surface area contributed by atoms with E-state index in [-0.39, 0.29) is 5.41 Å². The Morgan fingerprint density at radius 1 is 1.18 bits per heavy atom. The van der Waals surface area contributed by atoms with Gasteiger partial charge in [-0.05, 0) is 18.8 Å². The maximum Gasteiger partial charge on any atom is 0.0118 e. The Bertz CT molecular complexity index is 168. The van der Waals surface area contributed by atoms with E-state index in [0.29, 0.717) is 5.92 Å². The highest BCUT2D eigenvalue weighted by Crippen LogP contribution is 2.45. The van der Waals surface area contributed by atoms with Crippen molar-refractivity contribution < 1.29 is 0 Å². The zero-order chi connectivity index (χ0) is 8.32. The molecule has 1 aliphatic rings. The van der Waals surface area contributed by atoms with E-state index in [9.17, 15) is 0 Å². The van der Waals surface area contributed by atoms with Crippen molar-refractivity contribution in [2.24, 2.45) is 11.3 Å². The molecule has 1 unspecified atom stereocenters. The minimum absolute atomic E-state index is 0.155. The number of hydrogen-bond donors (Lipinski definition) is 0. The second kappa shape index (κ2) is 3.08. The monoisotopic (exact) mass is 148 g/mol. The molecule has 0 spiro atoms. The molecule has 0 heteroatoms. The molecule has 0 nitrogen and oxygen atoms in total. The molecule has 0 amide bonds. The first-order valence-electron chi connectivity index (χ1n) is 4.19. The van der Waals surface area contributed by atoms with Crippen molar-refractivity contribution in [1.29, 1.82) is 0 Å². The predicted molar refractivity (Wildman–Crippen MR) is 50.4 cm³/mol. The zero-order valence-electron chi connectivity index (χ0n) is 7.05. The van der Waals surface area contributed by atoms with Gasteiger partial charge in [0.2, 0.25) is 0 Å². The van der Waals surface area contributed by atoms with Gasteiger partial charge in [0.15, 0.2) is 0 Å². The highest BCUT2D eigenvalue weighted by atomic mass is 14.4. The van der Waals surface area contributed by atoms with Crippen LogP contribution in [0.4, 0.5) is 0 Å².